The van der Waals surface area contributed by atoms with E-state index in [-0.39, 0.29) is 23.7 Å². The van der Waals surface area contributed by atoms with E-state index in [2.05, 4.69) is 11.7 Å². The van der Waals surface area contributed by atoms with E-state index in [1.165, 1.54) is 16.8 Å². The van der Waals surface area contributed by atoms with Gasteiger partial charge in [-0.25, -0.2) is 4.98 Å². The highest BCUT2D eigenvalue weighted by atomic mass is 16.6. The van der Waals surface area contributed by atoms with Gasteiger partial charge < -0.3 is 13.9 Å². The molecule has 224 valence electrons. The third kappa shape index (κ3) is 6.07. The van der Waals surface area contributed by atoms with Crippen molar-refractivity contribution in [3.63, 3.8) is 0 Å². The molecule has 0 spiro atoms. The molecular formula is C35H28N4O6. The zero-order valence-corrected chi connectivity index (χ0v) is 24.4. The average Bonchev–Trinajstić information content (AvgIpc) is 3.49. The van der Waals surface area contributed by atoms with E-state index in [1.54, 1.807) is 48.7 Å². The molecule has 0 radical (unpaired) electrons. The molecule has 6 aromatic rings. The molecule has 0 unspecified atom stereocenters. The van der Waals surface area contributed by atoms with Crippen molar-refractivity contribution in [2.75, 3.05) is 6.61 Å². The number of non-ortho nitro benzene ring substituents is 1. The zero-order chi connectivity index (χ0) is 31.3. The Labute approximate surface area is 257 Å². The predicted octanol–water partition coefficient (Wildman–Crippen LogP) is 7.31. The van der Waals surface area contributed by atoms with Gasteiger partial charge >= 0.3 is 0 Å². The fourth-order valence-electron chi connectivity index (χ4n) is 5.01. The highest BCUT2D eigenvalue weighted by Crippen LogP contribution is 2.35. The highest BCUT2D eigenvalue weighted by Gasteiger charge is 2.18. The molecule has 6 rings (SSSR count). The largest absolute Gasteiger partial charge is 0.490 e. The lowest BCUT2D eigenvalue weighted by molar-refractivity contribution is -0.384. The quantitative estimate of drug-likeness (QED) is 0.0661. The summed E-state index contributed by atoms with van der Waals surface area (Å²) in [7, 11) is 0. The van der Waals surface area contributed by atoms with Crippen molar-refractivity contribution in [2.24, 2.45) is 5.10 Å². The fraction of sp³-hybridized carbons (Fsp3) is 0.114. The van der Waals surface area contributed by atoms with Gasteiger partial charge in [0.15, 0.2) is 17.3 Å². The lowest BCUT2D eigenvalue weighted by Gasteiger charge is -2.17. The first-order valence-electron chi connectivity index (χ1n) is 14.3. The Bertz CT molecular complexity index is 2110. The summed E-state index contributed by atoms with van der Waals surface area (Å²) in [6.07, 6.45) is 3.75. The maximum Gasteiger partial charge on any atom is 0.282 e. The number of hydrogen-bond donors (Lipinski definition) is 0. The number of rotatable bonds is 11. The summed E-state index contributed by atoms with van der Waals surface area (Å²) in [5, 5.41) is 17.1. The molecule has 45 heavy (non-hydrogen) atoms. The number of nitro groups is 1. The minimum atomic E-state index is -0.442. The van der Waals surface area contributed by atoms with Crippen molar-refractivity contribution >= 4 is 33.8 Å². The molecule has 10 nitrogen and oxygen atoms in total. The molecule has 10 heteroatoms. The Hall–Kier alpha value is -6.03. The van der Waals surface area contributed by atoms with Crippen molar-refractivity contribution in [1.82, 2.24) is 9.66 Å². The van der Waals surface area contributed by atoms with E-state index in [1.807, 2.05) is 49.4 Å². The van der Waals surface area contributed by atoms with E-state index in [0.717, 1.165) is 10.9 Å². The number of nitrogens with zero attached hydrogens (tertiary/aromatic N) is 4. The van der Waals surface area contributed by atoms with E-state index in [9.17, 15) is 14.9 Å². The second-order valence-corrected chi connectivity index (χ2v) is 10.1. The molecule has 2 heterocycles. The summed E-state index contributed by atoms with van der Waals surface area (Å²) in [5.41, 5.74) is 2.89. The third-order valence-corrected chi connectivity index (χ3v) is 7.04. The number of hydrogen-bond acceptors (Lipinski definition) is 8. The lowest BCUT2D eigenvalue weighted by atomic mass is 10.1. The third-order valence-electron chi connectivity index (χ3n) is 7.04. The first-order valence-corrected chi connectivity index (χ1v) is 14.3. The van der Waals surface area contributed by atoms with Crippen LogP contribution >= 0.6 is 0 Å². The number of para-hydroxylation sites is 2. The van der Waals surface area contributed by atoms with Crippen molar-refractivity contribution in [3.8, 4) is 23.1 Å². The van der Waals surface area contributed by atoms with Crippen LogP contribution in [-0.2, 0) is 13.0 Å². The number of ether oxygens (including phenoxy) is 2. The number of furan rings is 1. The molecule has 0 amide bonds. The number of fused-ring (bicyclic) bond motifs is 2. The minimum Gasteiger partial charge on any atom is -0.490 e. The lowest BCUT2D eigenvalue weighted by Crippen LogP contribution is -2.20. The first-order chi connectivity index (χ1) is 21.9. The number of nitro benzene ring substituents is 1. The van der Waals surface area contributed by atoms with Crippen LogP contribution in [0.1, 0.15) is 23.6 Å². The molecule has 4 aromatic carbocycles. The maximum absolute atomic E-state index is 13.7. The van der Waals surface area contributed by atoms with Gasteiger partial charge in [-0.1, -0.05) is 48.5 Å². The van der Waals surface area contributed by atoms with Crippen LogP contribution in [0.4, 0.5) is 5.69 Å². The topological polar surface area (TPSA) is 122 Å². The molecule has 0 bridgehead atoms. The molecule has 0 N–H and O–H groups in total. The Morgan fingerprint density at radius 2 is 1.84 bits per heavy atom. The van der Waals surface area contributed by atoms with Crippen molar-refractivity contribution in [1.29, 1.82) is 0 Å². The number of allylic oxidation sites excluding steroid dienone is 1. The summed E-state index contributed by atoms with van der Waals surface area (Å²) < 4.78 is 19.4. The smallest absolute Gasteiger partial charge is 0.282 e. The van der Waals surface area contributed by atoms with Crippen molar-refractivity contribution < 1.29 is 18.8 Å². The molecule has 0 aliphatic heterocycles. The average molecular weight is 601 g/mol. The summed E-state index contributed by atoms with van der Waals surface area (Å²) >= 11 is 0. The standard InChI is InChI=1S/C35H28N4O6/c1-3-10-26-17-24(19-31(43-4-2)33(26)44-22-23-11-9-13-27(18-23)39(41)42)21-36-38-34(32-20-25-12-5-8-16-30(25)45-32)37-29-15-7-6-14-28(29)35(38)40/h3,5-9,11-21H,1,4,10,22H2,2H3. The van der Waals surface area contributed by atoms with Crippen LogP contribution in [0.2, 0.25) is 0 Å². The van der Waals surface area contributed by atoms with E-state index >= 15 is 0 Å². The molecule has 2 aromatic heterocycles. The summed E-state index contributed by atoms with van der Waals surface area (Å²) in [6.45, 7) is 6.20. The maximum atomic E-state index is 13.7. The first kappa shape index (κ1) is 29.1. The summed E-state index contributed by atoms with van der Waals surface area (Å²) in [5.74, 6) is 1.63. The Morgan fingerprint density at radius 1 is 1.02 bits per heavy atom. The summed E-state index contributed by atoms with van der Waals surface area (Å²) in [4.78, 5) is 29.2. The van der Waals surface area contributed by atoms with Crippen LogP contribution in [0.3, 0.4) is 0 Å². The van der Waals surface area contributed by atoms with E-state index in [0.29, 0.717) is 57.9 Å². The molecule has 0 aliphatic rings. The van der Waals surface area contributed by atoms with Gasteiger partial charge in [0.05, 0.1) is 28.6 Å². The minimum absolute atomic E-state index is 0.0144. The summed E-state index contributed by atoms with van der Waals surface area (Å²) in [6, 6.07) is 26.4. The van der Waals surface area contributed by atoms with Crippen molar-refractivity contribution in [2.45, 2.75) is 20.0 Å². The Balaban J connectivity index is 1.41. The predicted molar refractivity (Wildman–Crippen MR) is 173 cm³/mol. The van der Waals surface area contributed by atoms with Crippen molar-refractivity contribution in [3.05, 3.63) is 141 Å². The van der Waals surface area contributed by atoms with Crippen LogP contribution in [0.25, 0.3) is 33.5 Å². The normalized spacial score (nSPS) is 11.3. The van der Waals surface area contributed by atoms with Crippen LogP contribution < -0.4 is 15.0 Å². The van der Waals surface area contributed by atoms with Gasteiger partial charge in [0.1, 0.15) is 12.2 Å². The Morgan fingerprint density at radius 3 is 2.64 bits per heavy atom. The Kier molecular flexibility index (Phi) is 8.19. The van der Waals surface area contributed by atoms with Crippen LogP contribution in [-0.4, -0.2) is 27.4 Å². The molecular weight excluding hydrogens is 572 g/mol. The van der Waals surface area contributed by atoms with Gasteiger partial charge in [-0.05, 0) is 60.9 Å². The van der Waals surface area contributed by atoms with Gasteiger partial charge in [-0.3, -0.25) is 14.9 Å². The highest BCUT2D eigenvalue weighted by molar-refractivity contribution is 5.85. The molecule has 0 saturated carbocycles. The second kappa shape index (κ2) is 12.7. The molecule has 0 atom stereocenters. The molecule has 0 fully saturated rings. The number of aromatic nitrogens is 2. The zero-order valence-electron chi connectivity index (χ0n) is 24.4. The van der Waals surface area contributed by atoms with Crippen LogP contribution in [0, 0.1) is 10.1 Å². The van der Waals surface area contributed by atoms with Gasteiger partial charge in [0, 0.05) is 23.1 Å². The number of benzene rings is 4. The van der Waals surface area contributed by atoms with Crippen LogP contribution in [0.15, 0.2) is 118 Å². The second-order valence-electron chi connectivity index (χ2n) is 10.1. The van der Waals surface area contributed by atoms with Crippen LogP contribution in [0.5, 0.6) is 11.5 Å². The molecule has 0 saturated heterocycles. The van der Waals surface area contributed by atoms with Gasteiger partial charge in [-0.15, -0.1) is 6.58 Å². The van der Waals surface area contributed by atoms with Gasteiger partial charge in [0.25, 0.3) is 11.2 Å². The van der Waals surface area contributed by atoms with Gasteiger partial charge in [-0.2, -0.15) is 9.78 Å². The fourth-order valence-corrected chi connectivity index (χ4v) is 5.01. The molecule has 0 aliphatic carbocycles. The van der Waals surface area contributed by atoms with E-state index < -0.39 is 4.92 Å². The monoisotopic (exact) mass is 600 g/mol. The van der Waals surface area contributed by atoms with Gasteiger partial charge in [0.2, 0.25) is 5.82 Å². The van der Waals surface area contributed by atoms with E-state index in [4.69, 9.17) is 18.9 Å². The SMILES string of the molecule is C=CCc1cc(C=Nn2c(-c3cc4ccccc4o3)nc3ccccc3c2=O)cc(OCC)c1OCc1cccc([N+](=O)[O-])c1.